The molecule has 0 bridgehead atoms. The lowest BCUT2D eigenvalue weighted by Gasteiger charge is -2.23. The van der Waals surface area contributed by atoms with Crippen molar-refractivity contribution in [2.75, 3.05) is 13.1 Å². The van der Waals surface area contributed by atoms with Gasteiger partial charge in [-0.15, -0.1) is 0 Å². The Kier molecular flexibility index (Phi) is 5.63. The van der Waals surface area contributed by atoms with E-state index in [1.165, 1.54) is 12.8 Å². The van der Waals surface area contributed by atoms with Crippen molar-refractivity contribution >= 4 is 11.8 Å². The summed E-state index contributed by atoms with van der Waals surface area (Å²) in [7, 11) is 0. The highest BCUT2D eigenvalue weighted by atomic mass is 16.2. The van der Waals surface area contributed by atoms with E-state index in [9.17, 15) is 9.59 Å². The van der Waals surface area contributed by atoms with Gasteiger partial charge in [0.15, 0.2) is 0 Å². The van der Waals surface area contributed by atoms with Crippen molar-refractivity contribution in [2.24, 2.45) is 0 Å². The third-order valence-corrected chi connectivity index (χ3v) is 4.00. The summed E-state index contributed by atoms with van der Waals surface area (Å²) in [6, 6.07) is 0.150. The molecule has 2 heterocycles. The minimum atomic E-state index is -0.325. The van der Waals surface area contributed by atoms with Gasteiger partial charge in [-0.25, -0.2) is 0 Å². The minimum absolute atomic E-state index is 0.00873. The third kappa shape index (κ3) is 4.82. The second-order valence-corrected chi connectivity index (χ2v) is 5.59. The Bertz CT molecular complexity index is 314. The molecule has 2 rings (SSSR count). The molecular formula is C14H25N3O2. The number of rotatable bonds is 4. The molecule has 2 unspecified atom stereocenters. The van der Waals surface area contributed by atoms with Crippen molar-refractivity contribution in [3.05, 3.63) is 0 Å². The first-order valence-electron chi connectivity index (χ1n) is 7.56. The van der Waals surface area contributed by atoms with Crippen molar-refractivity contribution in [1.29, 1.82) is 0 Å². The lowest BCUT2D eigenvalue weighted by Crippen LogP contribution is -2.45. The van der Waals surface area contributed by atoms with Crippen LogP contribution >= 0.6 is 0 Å². The monoisotopic (exact) mass is 267 g/mol. The zero-order valence-corrected chi connectivity index (χ0v) is 11.5. The molecule has 0 aliphatic carbocycles. The normalized spacial score (nSPS) is 28.3. The fourth-order valence-corrected chi connectivity index (χ4v) is 2.82. The van der Waals surface area contributed by atoms with Crippen molar-refractivity contribution in [3.63, 3.8) is 0 Å². The van der Waals surface area contributed by atoms with Crippen LogP contribution in [0.15, 0.2) is 0 Å². The van der Waals surface area contributed by atoms with E-state index in [2.05, 4.69) is 16.0 Å². The molecule has 5 nitrogen and oxygen atoms in total. The molecule has 0 aromatic carbocycles. The molecule has 2 aliphatic heterocycles. The fourth-order valence-electron chi connectivity index (χ4n) is 2.82. The summed E-state index contributed by atoms with van der Waals surface area (Å²) in [5, 5.41) is 9.15. The van der Waals surface area contributed by atoms with Crippen LogP contribution in [0, 0.1) is 0 Å². The molecule has 0 spiro atoms. The summed E-state index contributed by atoms with van der Waals surface area (Å²) in [6.45, 7) is 1.80. The molecule has 2 fully saturated rings. The van der Waals surface area contributed by atoms with Crippen LogP contribution in [0.25, 0.3) is 0 Å². The molecule has 0 saturated carbocycles. The van der Waals surface area contributed by atoms with Crippen molar-refractivity contribution < 1.29 is 9.59 Å². The third-order valence-electron chi connectivity index (χ3n) is 4.00. The Balaban J connectivity index is 1.69. The largest absolute Gasteiger partial charge is 0.354 e. The molecular weight excluding hydrogens is 242 g/mol. The highest BCUT2D eigenvalue weighted by Gasteiger charge is 2.22. The average Bonchev–Trinajstić information content (AvgIpc) is 2.63. The topological polar surface area (TPSA) is 70.2 Å². The summed E-state index contributed by atoms with van der Waals surface area (Å²) in [5.74, 6) is -0.0175. The number of hydrogen-bond donors (Lipinski definition) is 3. The second kappa shape index (κ2) is 7.48. The zero-order valence-electron chi connectivity index (χ0n) is 11.5. The van der Waals surface area contributed by atoms with Gasteiger partial charge in [-0.05, 0) is 45.1 Å². The van der Waals surface area contributed by atoms with Crippen molar-refractivity contribution in [3.8, 4) is 0 Å². The highest BCUT2D eigenvalue weighted by Crippen LogP contribution is 2.12. The number of carbonyl (C=O) groups excluding carboxylic acids is 2. The molecule has 2 aliphatic rings. The van der Waals surface area contributed by atoms with Gasteiger partial charge in [0.25, 0.3) is 0 Å². The summed E-state index contributed by atoms with van der Waals surface area (Å²) in [5.41, 5.74) is 0. The van der Waals surface area contributed by atoms with Crippen LogP contribution in [-0.2, 0) is 9.59 Å². The first-order chi connectivity index (χ1) is 9.25. The predicted molar refractivity (Wildman–Crippen MR) is 73.7 cm³/mol. The second-order valence-electron chi connectivity index (χ2n) is 5.59. The van der Waals surface area contributed by atoms with Crippen molar-refractivity contribution in [1.82, 2.24) is 16.0 Å². The number of carbonyl (C=O) groups is 2. The van der Waals surface area contributed by atoms with Gasteiger partial charge >= 0.3 is 0 Å². The Labute approximate surface area is 114 Å². The van der Waals surface area contributed by atoms with E-state index >= 15 is 0 Å². The fraction of sp³-hybridized carbons (Fsp3) is 0.857. The van der Waals surface area contributed by atoms with E-state index < -0.39 is 0 Å². The molecule has 108 valence electrons. The molecule has 2 amide bonds. The average molecular weight is 267 g/mol. The van der Waals surface area contributed by atoms with Crippen molar-refractivity contribution in [2.45, 2.75) is 63.5 Å². The summed E-state index contributed by atoms with van der Waals surface area (Å²) in [4.78, 5) is 23.6. The van der Waals surface area contributed by atoms with E-state index in [4.69, 9.17) is 0 Å². The highest BCUT2D eigenvalue weighted by molar-refractivity contribution is 5.87. The standard InChI is InChI=1S/C14H25N3O2/c18-13(8-7-11-5-1-3-9-15-11)17-12-6-2-4-10-16-14(12)19/h11-12,15H,1-10H2,(H,16,19)(H,17,18). The molecule has 0 radical (unpaired) electrons. The quantitative estimate of drug-likeness (QED) is 0.702. The van der Waals surface area contributed by atoms with E-state index in [0.29, 0.717) is 12.5 Å². The van der Waals surface area contributed by atoms with Gasteiger partial charge in [0.1, 0.15) is 6.04 Å². The summed E-state index contributed by atoms with van der Waals surface area (Å²) in [6.07, 6.45) is 7.81. The predicted octanol–water partition coefficient (Wildman–Crippen LogP) is 0.694. The zero-order chi connectivity index (χ0) is 13.5. The van der Waals surface area contributed by atoms with Gasteiger partial charge in [-0.1, -0.05) is 6.42 Å². The minimum Gasteiger partial charge on any atom is -0.354 e. The molecule has 5 heteroatoms. The molecule has 3 N–H and O–H groups in total. The Morgan fingerprint density at radius 2 is 1.95 bits per heavy atom. The van der Waals surface area contributed by atoms with Gasteiger partial charge in [-0.2, -0.15) is 0 Å². The van der Waals surface area contributed by atoms with Crippen LogP contribution < -0.4 is 16.0 Å². The lowest BCUT2D eigenvalue weighted by molar-refractivity contribution is -0.128. The Morgan fingerprint density at radius 3 is 2.74 bits per heavy atom. The number of hydrogen-bond acceptors (Lipinski definition) is 3. The van der Waals surface area contributed by atoms with Crippen LogP contribution in [-0.4, -0.2) is 37.0 Å². The summed E-state index contributed by atoms with van der Waals surface area (Å²) < 4.78 is 0. The van der Waals surface area contributed by atoms with Gasteiger partial charge in [0.2, 0.25) is 11.8 Å². The molecule has 0 aromatic rings. The van der Waals surface area contributed by atoms with E-state index in [0.717, 1.165) is 45.2 Å². The molecule has 2 atom stereocenters. The van der Waals surface area contributed by atoms with Gasteiger partial charge in [0, 0.05) is 19.0 Å². The first-order valence-corrected chi connectivity index (χ1v) is 7.56. The maximum absolute atomic E-state index is 11.9. The maximum atomic E-state index is 11.9. The lowest BCUT2D eigenvalue weighted by atomic mass is 10.0. The van der Waals surface area contributed by atoms with Gasteiger partial charge < -0.3 is 16.0 Å². The van der Waals surface area contributed by atoms with E-state index in [1.54, 1.807) is 0 Å². The molecule has 2 saturated heterocycles. The SMILES string of the molecule is O=C(CCC1CCCCN1)NC1CCCCNC1=O. The van der Waals surface area contributed by atoms with Crippen LogP contribution in [0.2, 0.25) is 0 Å². The van der Waals surface area contributed by atoms with Crippen LogP contribution in [0.5, 0.6) is 0 Å². The molecule has 0 aromatic heterocycles. The van der Waals surface area contributed by atoms with Crippen LogP contribution in [0.4, 0.5) is 0 Å². The number of nitrogens with one attached hydrogen (secondary N) is 3. The Hall–Kier alpha value is -1.10. The van der Waals surface area contributed by atoms with Crippen LogP contribution in [0.3, 0.4) is 0 Å². The van der Waals surface area contributed by atoms with Gasteiger partial charge in [0.05, 0.1) is 0 Å². The van der Waals surface area contributed by atoms with E-state index in [1.807, 2.05) is 0 Å². The number of piperidine rings is 1. The first kappa shape index (κ1) is 14.3. The van der Waals surface area contributed by atoms with E-state index in [-0.39, 0.29) is 17.9 Å². The summed E-state index contributed by atoms with van der Waals surface area (Å²) >= 11 is 0. The maximum Gasteiger partial charge on any atom is 0.242 e. The van der Waals surface area contributed by atoms with Gasteiger partial charge in [-0.3, -0.25) is 9.59 Å². The van der Waals surface area contributed by atoms with Crippen LogP contribution in [0.1, 0.15) is 51.4 Å². The molecule has 19 heavy (non-hydrogen) atoms. The number of amides is 2. The smallest absolute Gasteiger partial charge is 0.242 e. The Morgan fingerprint density at radius 1 is 1.16 bits per heavy atom.